The average molecular weight is 272 g/mol. The molecular formula is C13H9ClF3N. The van der Waals surface area contributed by atoms with Gasteiger partial charge in [0, 0.05) is 12.1 Å². The van der Waals surface area contributed by atoms with Crippen molar-refractivity contribution in [2.24, 2.45) is 0 Å². The molecule has 0 fully saturated rings. The molecular weight excluding hydrogens is 263 g/mol. The highest BCUT2D eigenvalue weighted by Gasteiger charge is 2.10. The van der Waals surface area contributed by atoms with Gasteiger partial charge < -0.3 is 5.32 Å². The van der Waals surface area contributed by atoms with E-state index in [-0.39, 0.29) is 22.8 Å². The summed E-state index contributed by atoms with van der Waals surface area (Å²) in [6.45, 7) is -0.0513. The Balaban J connectivity index is 2.19. The van der Waals surface area contributed by atoms with Crippen LogP contribution in [0.2, 0.25) is 5.02 Å². The van der Waals surface area contributed by atoms with Crippen molar-refractivity contribution >= 4 is 17.3 Å². The Morgan fingerprint density at radius 3 is 2.22 bits per heavy atom. The van der Waals surface area contributed by atoms with Crippen molar-refractivity contribution in [2.75, 3.05) is 5.32 Å². The van der Waals surface area contributed by atoms with Crippen molar-refractivity contribution in [3.8, 4) is 0 Å². The van der Waals surface area contributed by atoms with Gasteiger partial charge in [-0.05, 0) is 18.2 Å². The summed E-state index contributed by atoms with van der Waals surface area (Å²) >= 11 is 5.61. The summed E-state index contributed by atoms with van der Waals surface area (Å²) in [7, 11) is 0. The van der Waals surface area contributed by atoms with Gasteiger partial charge in [0.2, 0.25) is 0 Å². The van der Waals surface area contributed by atoms with Gasteiger partial charge in [0.15, 0.2) is 0 Å². The van der Waals surface area contributed by atoms with Crippen molar-refractivity contribution in [3.05, 3.63) is 64.4 Å². The molecule has 0 heterocycles. The van der Waals surface area contributed by atoms with Crippen LogP contribution in [0.1, 0.15) is 5.56 Å². The summed E-state index contributed by atoms with van der Waals surface area (Å²) in [4.78, 5) is 0. The van der Waals surface area contributed by atoms with E-state index >= 15 is 0 Å². The van der Waals surface area contributed by atoms with Crippen molar-refractivity contribution in [1.29, 1.82) is 0 Å². The zero-order valence-corrected chi connectivity index (χ0v) is 9.94. The molecule has 2 aromatic rings. The smallest absolute Gasteiger partial charge is 0.149 e. The third kappa shape index (κ3) is 2.59. The summed E-state index contributed by atoms with van der Waals surface area (Å²) in [5, 5.41) is 2.49. The topological polar surface area (TPSA) is 12.0 Å². The van der Waals surface area contributed by atoms with Gasteiger partial charge in [-0.25, -0.2) is 13.2 Å². The first kappa shape index (κ1) is 12.8. The number of halogens is 4. The van der Waals surface area contributed by atoms with Crippen molar-refractivity contribution in [2.45, 2.75) is 6.54 Å². The van der Waals surface area contributed by atoms with Crippen LogP contribution in [0.3, 0.4) is 0 Å². The maximum Gasteiger partial charge on any atom is 0.149 e. The van der Waals surface area contributed by atoms with Gasteiger partial charge in [-0.1, -0.05) is 29.8 Å². The minimum Gasteiger partial charge on any atom is -0.376 e. The second-order valence-corrected chi connectivity index (χ2v) is 4.07. The average Bonchev–Trinajstić information content (AvgIpc) is 2.33. The standard InChI is InChI=1S/C13H9ClF3N/c14-9-4-1-3-8(12(9)17)7-18-13-10(15)5-2-6-11(13)16/h1-6,18H,7H2. The fraction of sp³-hybridized carbons (Fsp3) is 0.0769. The number of nitrogens with one attached hydrogen (secondary N) is 1. The Labute approximate surface area is 107 Å². The van der Waals surface area contributed by atoms with E-state index in [1.165, 1.54) is 18.2 Å². The summed E-state index contributed by atoms with van der Waals surface area (Å²) < 4.78 is 40.2. The molecule has 1 nitrogen and oxygen atoms in total. The molecule has 94 valence electrons. The third-order valence-corrected chi connectivity index (χ3v) is 2.74. The molecule has 2 rings (SSSR count). The highest BCUT2D eigenvalue weighted by molar-refractivity contribution is 6.30. The van der Waals surface area contributed by atoms with Crippen LogP contribution in [-0.2, 0) is 6.54 Å². The number of hydrogen-bond acceptors (Lipinski definition) is 1. The molecule has 0 saturated carbocycles. The predicted molar refractivity (Wildman–Crippen MR) is 65.1 cm³/mol. The lowest BCUT2D eigenvalue weighted by Gasteiger charge is -2.09. The first-order chi connectivity index (χ1) is 8.59. The van der Waals surface area contributed by atoms with Gasteiger partial charge in [0.05, 0.1) is 5.02 Å². The summed E-state index contributed by atoms with van der Waals surface area (Å²) in [6.07, 6.45) is 0. The molecule has 0 bridgehead atoms. The van der Waals surface area contributed by atoms with Crippen LogP contribution in [0.4, 0.5) is 18.9 Å². The zero-order chi connectivity index (χ0) is 13.1. The Morgan fingerprint density at radius 2 is 1.56 bits per heavy atom. The molecule has 0 saturated heterocycles. The molecule has 0 radical (unpaired) electrons. The summed E-state index contributed by atoms with van der Waals surface area (Å²) in [6, 6.07) is 7.98. The van der Waals surface area contributed by atoms with E-state index < -0.39 is 17.5 Å². The molecule has 0 aliphatic carbocycles. The second kappa shape index (κ2) is 5.31. The first-order valence-corrected chi connectivity index (χ1v) is 5.58. The van der Waals surface area contributed by atoms with E-state index in [0.29, 0.717) is 0 Å². The van der Waals surface area contributed by atoms with Gasteiger partial charge in [-0.3, -0.25) is 0 Å². The van der Waals surface area contributed by atoms with E-state index in [9.17, 15) is 13.2 Å². The minimum atomic E-state index is -0.725. The first-order valence-electron chi connectivity index (χ1n) is 5.20. The van der Waals surface area contributed by atoms with E-state index in [1.54, 1.807) is 6.07 Å². The molecule has 0 atom stereocenters. The monoisotopic (exact) mass is 271 g/mol. The van der Waals surface area contributed by atoms with E-state index in [4.69, 9.17) is 11.6 Å². The second-order valence-electron chi connectivity index (χ2n) is 3.66. The number of benzene rings is 2. The van der Waals surface area contributed by atoms with Gasteiger partial charge >= 0.3 is 0 Å². The van der Waals surface area contributed by atoms with Crippen LogP contribution < -0.4 is 5.32 Å². The van der Waals surface area contributed by atoms with Crippen LogP contribution in [0.5, 0.6) is 0 Å². The fourth-order valence-electron chi connectivity index (χ4n) is 1.54. The van der Waals surface area contributed by atoms with E-state index in [2.05, 4.69) is 5.32 Å². The summed E-state index contributed by atoms with van der Waals surface area (Å²) in [5.41, 5.74) is -0.0398. The van der Waals surface area contributed by atoms with Crippen LogP contribution in [-0.4, -0.2) is 0 Å². The number of anilines is 1. The predicted octanol–water partition coefficient (Wildman–Crippen LogP) is 4.37. The lowest BCUT2D eigenvalue weighted by Crippen LogP contribution is -2.05. The molecule has 0 aliphatic rings. The molecule has 0 aromatic heterocycles. The Morgan fingerprint density at radius 1 is 0.944 bits per heavy atom. The van der Waals surface area contributed by atoms with Gasteiger partial charge in [0.25, 0.3) is 0 Å². The Bertz CT molecular complexity index is 552. The molecule has 0 spiro atoms. The molecule has 5 heteroatoms. The van der Waals surface area contributed by atoms with Crippen LogP contribution in [0.15, 0.2) is 36.4 Å². The zero-order valence-electron chi connectivity index (χ0n) is 9.18. The highest BCUT2D eigenvalue weighted by Crippen LogP contribution is 2.21. The molecule has 0 aliphatic heterocycles. The Kier molecular flexibility index (Phi) is 3.77. The van der Waals surface area contributed by atoms with Crippen LogP contribution in [0, 0.1) is 17.5 Å². The fourth-order valence-corrected chi connectivity index (χ4v) is 1.73. The van der Waals surface area contributed by atoms with Crippen molar-refractivity contribution in [3.63, 3.8) is 0 Å². The summed E-state index contributed by atoms with van der Waals surface area (Å²) in [5.74, 6) is -2.04. The van der Waals surface area contributed by atoms with Crippen LogP contribution >= 0.6 is 11.6 Å². The molecule has 0 unspecified atom stereocenters. The molecule has 18 heavy (non-hydrogen) atoms. The molecule has 0 amide bonds. The largest absolute Gasteiger partial charge is 0.376 e. The lowest BCUT2D eigenvalue weighted by atomic mass is 10.2. The number of para-hydroxylation sites is 1. The quantitative estimate of drug-likeness (QED) is 0.874. The number of hydrogen-bond donors (Lipinski definition) is 1. The van der Waals surface area contributed by atoms with Crippen molar-refractivity contribution in [1.82, 2.24) is 0 Å². The Hall–Kier alpha value is -1.68. The van der Waals surface area contributed by atoms with Crippen molar-refractivity contribution < 1.29 is 13.2 Å². The maximum atomic E-state index is 13.5. The lowest BCUT2D eigenvalue weighted by molar-refractivity contribution is 0.585. The minimum absolute atomic E-state index is 0.0247. The van der Waals surface area contributed by atoms with E-state index in [0.717, 1.165) is 12.1 Å². The van der Waals surface area contributed by atoms with Gasteiger partial charge in [0.1, 0.15) is 23.1 Å². The van der Waals surface area contributed by atoms with Gasteiger partial charge in [-0.2, -0.15) is 0 Å². The third-order valence-electron chi connectivity index (χ3n) is 2.45. The SMILES string of the molecule is Fc1cccc(F)c1NCc1cccc(Cl)c1F. The normalized spacial score (nSPS) is 10.4. The van der Waals surface area contributed by atoms with Crippen LogP contribution in [0.25, 0.3) is 0 Å². The highest BCUT2D eigenvalue weighted by atomic mass is 35.5. The molecule has 1 N–H and O–H groups in total. The van der Waals surface area contributed by atoms with Gasteiger partial charge in [-0.15, -0.1) is 0 Å². The molecule has 2 aromatic carbocycles. The maximum absolute atomic E-state index is 13.5. The number of rotatable bonds is 3. The van der Waals surface area contributed by atoms with E-state index in [1.807, 2.05) is 0 Å².